The van der Waals surface area contributed by atoms with E-state index >= 15 is 0 Å². The van der Waals surface area contributed by atoms with Crippen LogP contribution in [0.1, 0.15) is 44.9 Å². The number of hydrogen-bond acceptors (Lipinski definition) is 3. The Morgan fingerprint density at radius 3 is 2.45 bits per heavy atom. The number of amides is 2. The SMILES string of the molecule is CCc1ccc([C@H]2NC(=O)NC(C)=C2C(=O)OC(C)C)cc1. The lowest BCUT2D eigenvalue weighted by Crippen LogP contribution is -2.45. The molecule has 0 unspecified atom stereocenters. The van der Waals surface area contributed by atoms with Crippen molar-refractivity contribution in [1.82, 2.24) is 10.6 Å². The fraction of sp³-hybridized carbons (Fsp3) is 0.412. The van der Waals surface area contributed by atoms with Crippen molar-refractivity contribution in [2.24, 2.45) is 0 Å². The van der Waals surface area contributed by atoms with Gasteiger partial charge in [-0.2, -0.15) is 0 Å². The lowest BCUT2D eigenvalue weighted by molar-refractivity contribution is -0.143. The number of ether oxygens (including phenoxy) is 1. The molecule has 2 rings (SSSR count). The summed E-state index contributed by atoms with van der Waals surface area (Å²) in [5, 5.41) is 5.43. The molecule has 5 heteroatoms. The van der Waals surface area contributed by atoms with Gasteiger partial charge in [-0.3, -0.25) is 0 Å². The summed E-state index contributed by atoms with van der Waals surface area (Å²) >= 11 is 0. The average Bonchev–Trinajstić information content (AvgIpc) is 2.45. The molecule has 22 heavy (non-hydrogen) atoms. The summed E-state index contributed by atoms with van der Waals surface area (Å²) in [4.78, 5) is 24.1. The van der Waals surface area contributed by atoms with E-state index in [-0.39, 0.29) is 12.1 Å². The van der Waals surface area contributed by atoms with Crippen LogP contribution in [0.25, 0.3) is 0 Å². The van der Waals surface area contributed by atoms with Crippen molar-refractivity contribution in [3.63, 3.8) is 0 Å². The van der Waals surface area contributed by atoms with Crippen LogP contribution in [0.5, 0.6) is 0 Å². The minimum atomic E-state index is -0.495. The first-order valence-electron chi connectivity index (χ1n) is 7.50. The molecule has 0 aliphatic carbocycles. The van der Waals surface area contributed by atoms with Crippen molar-refractivity contribution in [2.45, 2.75) is 46.3 Å². The Labute approximate surface area is 130 Å². The standard InChI is InChI=1S/C17H22N2O3/c1-5-12-6-8-13(9-7-12)15-14(16(20)22-10(2)3)11(4)18-17(21)19-15/h6-10,15H,5H2,1-4H3,(H2,18,19,21)/t15-/m1/s1. The maximum Gasteiger partial charge on any atom is 0.338 e. The van der Waals surface area contributed by atoms with E-state index in [9.17, 15) is 9.59 Å². The molecule has 5 nitrogen and oxygen atoms in total. The molecule has 0 bridgehead atoms. The van der Waals surface area contributed by atoms with Gasteiger partial charge in [0.25, 0.3) is 0 Å². The minimum absolute atomic E-state index is 0.214. The minimum Gasteiger partial charge on any atom is -0.459 e. The number of benzene rings is 1. The van der Waals surface area contributed by atoms with E-state index in [0.29, 0.717) is 11.3 Å². The number of rotatable bonds is 4. The Morgan fingerprint density at radius 1 is 1.27 bits per heavy atom. The third-order valence-corrected chi connectivity index (χ3v) is 3.55. The molecule has 0 aromatic heterocycles. The lowest BCUT2D eigenvalue weighted by atomic mass is 9.94. The first-order valence-corrected chi connectivity index (χ1v) is 7.50. The molecule has 0 spiro atoms. The molecule has 1 aromatic carbocycles. The van der Waals surface area contributed by atoms with Crippen molar-refractivity contribution in [1.29, 1.82) is 0 Å². The van der Waals surface area contributed by atoms with Crippen LogP contribution in [-0.2, 0) is 16.0 Å². The molecule has 1 aliphatic rings. The smallest absolute Gasteiger partial charge is 0.338 e. The van der Waals surface area contributed by atoms with Crippen LogP contribution in [0.2, 0.25) is 0 Å². The summed E-state index contributed by atoms with van der Waals surface area (Å²) in [6.07, 6.45) is 0.726. The fourth-order valence-corrected chi connectivity index (χ4v) is 2.44. The van der Waals surface area contributed by atoms with Gasteiger partial charge in [-0.25, -0.2) is 9.59 Å². The van der Waals surface area contributed by atoms with Gasteiger partial charge >= 0.3 is 12.0 Å². The third-order valence-electron chi connectivity index (χ3n) is 3.55. The second-order valence-corrected chi connectivity index (χ2v) is 5.62. The number of carbonyl (C=O) groups is 2. The number of esters is 1. The van der Waals surface area contributed by atoms with Crippen LogP contribution in [0, 0.1) is 0 Å². The Bertz CT molecular complexity index is 603. The normalized spacial score (nSPS) is 18.0. The van der Waals surface area contributed by atoms with E-state index in [4.69, 9.17) is 4.74 Å². The van der Waals surface area contributed by atoms with Gasteiger partial charge in [0.2, 0.25) is 0 Å². The number of nitrogens with one attached hydrogen (secondary N) is 2. The van der Waals surface area contributed by atoms with E-state index in [0.717, 1.165) is 12.0 Å². The molecule has 0 saturated heterocycles. The first-order chi connectivity index (χ1) is 10.4. The Hall–Kier alpha value is -2.30. The Kier molecular flexibility index (Phi) is 4.85. The Morgan fingerprint density at radius 2 is 1.91 bits per heavy atom. The monoisotopic (exact) mass is 302 g/mol. The third kappa shape index (κ3) is 3.47. The van der Waals surface area contributed by atoms with Crippen LogP contribution in [0.4, 0.5) is 4.79 Å². The molecule has 1 aromatic rings. The molecule has 0 saturated carbocycles. The molecular formula is C17H22N2O3. The zero-order valence-corrected chi connectivity index (χ0v) is 13.4. The van der Waals surface area contributed by atoms with Crippen LogP contribution < -0.4 is 10.6 Å². The van der Waals surface area contributed by atoms with Crippen LogP contribution in [-0.4, -0.2) is 18.1 Å². The highest BCUT2D eigenvalue weighted by molar-refractivity contribution is 5.95. The van der Waals surface area contributed by atoms with E-state index in [1.54, 1.807) is 20.8 Å². The van der Waals surface area contributed by atoms with Gasteiger partial charge in [-0.05, 0) is 38.3 Å². The molecule has 1 heterocycles. The largest absolute Gasteiger partial charge is 0.459 e. The van der Waals surface area contributed by atoms with Gasteiger partial charge in [0, 0.05) is 5.70 Å². The molecular weight excluding hydrogens is 280 g/mol. The molecule has 2 amide bonds. The lowest BCUT2D eigenvalue weighted by Gasteiger charge is -2.28. The second kappa shape index (κ2) is 6.64. The number of aryl methyl sites for hydroxylation is 1. The van der Waals surface area contributed by atoms with Crippen LogP contribution in [0.15, 0.2) is 35.5 Å². The predicted molar refractivity (Wildman–Crippen MR) is 84.2 cm³/mol. The maximum atomic E-state index is 12.4. The second-order valence-electron chi connectivity index (χ2n) is 5.62. The van der Waals surface area contributed by atoms with Crippen molar-refractivity contribution in [2.75, 3.05) is 0 Å². The zero-order valence-electron chi connectivity index (χ0n) is 13.4. The van der Waals surface area contributed by atoms with E-state index in [1.807, 2.05) is 24.3 Å². The summed E-state index contributed by atoms with van der Waals surface area (Å²) in [5.74, 6) is -0.412. The van der Waals surface area contributed by atoms with Gasteiger partial charge in [-0.15, -0.1) is 0 Å². The van der Waals surface area contributed by atoms with Crippen molar-refractivity contribution < 1.29 is 14.3 Å². The highest BCUT2D eigenvalue weighted by atomic mass is 16.5. The van der Waals surface area contributed by atoms with E-state index in [1.165, 1.54) is 5.56 Å². The Balaban J connectivity index is 2.38. The number of carbonyl (C=O) groups excluding carboxylic acids is 2. The highest BCUT2D eigenvalue weighted by Crippen LogP contribution is 2.28. The van der Waals surface area contributed by atoms with Gasteiger partial charge in [0.1, 0.15) is 0 Å². The van der Waals surface area contributed by atoms with Crippen LogP contribution >= 0.6 is 0 Å². The van der Waals surface area contributed by atoms with E-state index < -0.39 is 12.0 Å². The van der Waals surface area contributed by atoms with E-state index in [2.05, 4.69) is 17.6 Å². The number of allylic oxidation sites excluding steroid dienone is 1. The van der Waals surface area contributed by atoms with Gasteiger partial charge in [0.05, 0.1) is 17.7 Å². The highest BCUT2D eigenvalue weighted by Gasteiger charge is 2.32. The predicted octanol–water partition coefficient (Wildman–Crippen LogP) is 2.83. The summed E-state index contributed by atoms with van der Waals surface area (Å²) in [5.41, 5.74) is 3.04. The van der Waals surface area contributed by atoms with Gasteiger partial charge in [0.15, 0.2) is 0 Å². The topological polar surface area (TPSA) is 67.4 Å². The van der Waals surface area contributed by atoms with Crippen molar-refractivity contribution in [3.05, 3.63) is 46.7 Å². The average molecular weight is 302 g/mol. The zero-order chi connectivity index (χ0) is 16.3. The molecule has 118 valence electrons. The fourth-order valence-electron chi connectivity index (χ4n) is 2.44. The van der Waals surface area contributed by atoms with Crippen LogP contribution in [0.3, 0.4) is 0 Å². The first kappa shape index (κ1) is 16.1. The molecule has 2 N–H and O–H groups in total. The molecule has 0 radical (unpaired) electrons. The summed E-state index contributed by atoms with van der Waals surface area (Å²) < 4.78 is 5.30. The summed E-state index contributed by atoms with van der Waals surface area (Å²) in [7, 11) is 0. The van der Waals surface area contributed by atoms with Gasteiger partial charge < -0.3 is 15.4 Å². The molecule has 0 fully saturated rings. The summed E-state index contributed by atoms with van der Waals surface area (Å²) in [6.45, 7) is 7.39. The summed E-state index contributed by atoms with van der Waals surface area (Å²) in [6, 6.07) is 7.07. The van der Waals surface area contributed by atoms with Crippen molar-refractivity contribution >= 4 is 12.0 Å². The maximum absolute atomic E-state index is 12.4. The van der Waals surface area contributed by atoms with Gasteiger partial charge in [-0.1, -0.05) is 31.2 Å². The quantitative estimate of drug-likeness (QED) is 0.840. The number of urea groups is 1. The number of hydrogen-bond donors (Lipinski definition) is 2. The molecule has 1 atom stereocenters. The molecule has 1 aliphatic heterocycles. The van der Waals surface area contributed by atoms with Crippen molar-refractivity contribution in [3.8, 4) is 0 Å².